The molecule has 0 amide bonds. The third kappa shape index (κ3) is 2.16. The molecule has 1 aliphatic rings. The Labute approximate surface area is 95.2 Å². The molecule has 16 heavy (non-hydrogen) atoms. The lowest BCUT2D eigenvalue weighted by molar-refractivity contribution is 0.339. The molecule has 0 saturated heterocycles. The molecule has 0 spiro atoms. The number of hydrogen-bond donors (Lipinski definition) is 0. The van der Waals surface area contributed by atoms with Crippen LogP contribution in [0.5, 0.6) is 5.75 Å². The van der Waals surface area contributed by atoms with Crippen LogP contribution < -0.4 is 4.74 Å². The third-order valence-corrected chi connectivity index (χ3v) is 2.58. The van der Waals surface area contributed by atoms with Gasteiger partial charge < -0.3 is 4.74 Å². The van der Waals surface area contributed by atoms with Crippen molar-refractivity contribution in [1.82, 2.24) is 0 Å². The molecule has 0 fully saturated rings. The van der Waals surface area contributed by atoms with Crippen LogP contribution in [0.4, 0.5) is 4.39 Å². The molecule has 2 heteroatoms. The van der Waals surface area contributed by atoms with Gasteiger partial charge >= 0.3 is 0 Å². The average Bonchev–Trinajstić information content (AvgIpc) is 2.31. The summed E-state index contributed by atoms with van der Waals surface area (Å²) in [5, 5.41) is 0. The van der Waals surface area contributed by atoms with Gasteiger partial charge in [-0.05, 0) is 19.4 Å². The Morgan fingerprint density at radius 3 is 2.88 bits per heavy atom. The van der Waals surface area contributed by atoms with Gasteiger partial charge in [0.25, 0.3) is 0 Å². The lowest BCUT2D eigenvalue weighted by Gasteiger charge is -2.14. The molecule has 0 atom stereocenters. The van der Waals surface area contributed by atoms with Gasteiger partial charge in [0, 0.05) is 17.6 Å². The Kier molecular flexibility index (Phi) is 3.40. The highest BCUT2D eigenvalue weighted by Gasteiger charge is 2.13. The summed E-state index contributed by atoms with van der Waals surface area (Å²) in [6.07, 6.45) is 5.12. The Morgan fingerprint density at radius 2 is 2.12 bits per heavy atom. The van der Waals surface area contributed by atoms with E-state index in [4.69, 9.17) is 4.74 Å². The van der Waals surface area contributed by atoms with Crippen molar-refractivity contribution < 1.29 is 9.13 Å². The molecule has 0 aliphatic heterocycles. The van der Waals surface area contributed by atoms with Crippen LogP contribution in [0.15, 0.2) is 42.2 Å². The van der Waals surface area contributed by atoms with Crippen LogP contribution in [0.1, 0.15) is 25.3 Å². The van der Waals surface area contributed by atoms with Gasteiger partial charge in [-0.15, -0.1) is 0 Å². The van der Waals surface area contributed by atoms with Crippen molar-refractivity contribution in [3.63, 3.8) is 0 Å². The van der Waals surface area contributed by atoms with E-state index in [1.807, 2.05) is 43.3 Å². The van der Waals surface area contributed by atoms with Crippen molar-refractivity contribution in [1.29, 1.82) is 0 Å². The van der Waals surface area contributed by atoms with Gasteiger partial charge in [-0.3, -0.25) is 0 Å². The van der Waals surface area contributed by atoms with Crippen molar-refractivity contribution in [2.75, 3.05) is 6.61 Å². The Morgan fingerprint density at radius 1 is 1.31 bits per heavy atom. The molecule has 84 valence electrons. The van der Waals surface area contributed by atoms with Gasteiger partial charge in [-0.2, -0.15) is 0 Å². The first kappa shape index (κ1) is 10.9. The van der Waals surface area contributed by atoms with E-state index in [2.05, 4.69) is 0 Å². The minimum atomic E-state index is -0.0466. The van der Waals surface area contributed by atoms with E-state index in [-0.39, 0.29) is 5.83 Å². The predicted octanol–water partition coefficient (Wildman–Crippen LogP) is 4.12. The quantitative estimate of drug-likeness (QED) is 0.741. The summed E-state index contributed by atoms with van der Waals surface area (Å²) >= 11 is 0. The number of para-hydroxylation sites is 1. The summed E-state index contributed by atoms with van der Waals surface area (Å²) in [5.74, 6) is 0.705. The fraction of sp³-hybridized carbons (Fsp3) is 0.286. The van der Waals surface area contributed by atoms with Gasteiger partial charge in [0.15, 0.2) is 0 Å². The van der Waals surface area contributed by atoms with Crippen molar-refractivity contribution in [3.8, 4) is 5.75 Å². The van der Waals surface area contributed by atoms with Gasteiger partial charge in [-0.1, -0.05) is 30.4 Å². The summed E-state index contributed by atoms with van der Waals surface area (Å²) in [4.78, 5) is 0. The van der Waals surface area contributed by atoms with Gasteiger partial charge in [0.1, 0.15) is 11.6 Å². The summed E-state index contributed by atoms with van der Waals surface area (Å²) in [6.45, 7) is 2.52. The summed E-state index contributed by atoms with van der Waals surface area (Å²) < 4.78 is 19.2. The standard InChI is InChI=1S/C14H15FO/c1-2-16-14-10-6-4-8-12(14)11-7-3-5-9-13(11)15/h3-4,6-8,10H,2,5,9H2,1H3. The second-order valence-corrected chi connectivity index (χ2v) is 3.69. The first-order valence-corrected chi connectivity index (χ1v) is 5.60. The SMILES string of the molecule is CCOc1ccccc1C1=C(F)CCC=C1. The third-order valence-electron chi connectivity index (χ3n) is 2.58. The molecule has 1 nitrogen and oxygen atoms in total. The first-order valence-electron chi connectivity index (χ1n) is 5.60. The second kappa shape index (κ2) is 4.97. The lowest BCUT2D eigenvalue weighted by Crippen LogP contribution is -1.97. The summed E-state index contributed by atoms with van der Waals surface area (Å²) in [6, 6.07) is 7.58. The Hall–Kier alpha value is -1.57. The van der Waals surface area contributed by atoms with Crippen LogP contribution in [0, 0.1) is 0 Å². The van der Waals surface area contributed by atoms with Crippen LogP contribution in [0.3, 0.4) is 0 Å². The lowest BCUT2D eigenvalue weighted by atomic mass is 9.98. The minimum Gasteiger partial charge on any atom is -0.493 e. The van der Waals surface area contributed by atoms with Crippen LogP contribution in [0.25, 0.3) is 5.57 Å². The van der Waals surface area contributed by atoms with Crippen LogP contribution >= 0.6 is 0 Å². The maximum Gasteiger partial charge on any atom is 0.127 e. The maximum absolute atomic E-state index is 13.7. The Balaban J connectivity index is 2.43. The zero-order valence-corrected chi connectivity index (χ0v) is 9.37. The molecule has 0 N–H and O–H groups in total. The molecule has 1 aromatic carbocycles. The summed E-state index contributed by atoms with van der Waals surface area (Å²) in [5.41, 5.74) is 1.51. The monoisotopic (exact) mass is 218 g/mol. The highest BCUT2D eigenvalue weighted by Crippen LogP contribution is 2.33. The Bertz CT molecular complexity index is 432. The fourth-order valence-electron chi connectivity index (χ4n) is 1.84. The number of halogens is 1. The first-order chi connectivity index (χ1) is 7.83. The molecule has 1 aromatic rings. The maximum atomic E-state index is 13.7. The number of hydrogen-bond acceptors (Lipinski definition) is 1. The number of benzene rings is 1. The highest BCUT2D eigenvalue weighted by atomic mass is 19.1. The molecule has 2 rings (SSSR count). The normalized spacial score (nSPS) is 15.4. The smallest absolute Gasteiger partial charge is 0.127 e. The van der Waals surface area contributed by atoms with Crippen LogP contribution in [-0.4, -0.2) is 6.61 Å². The van der Waals surface area contributed by atoms with Crippen molar-refractivity contribution in [2.24, 2.45) is 0 Å². The topological polar surface area (TPSA) is 9.23 Å². The van der Waals surface area contributed by atoms with Gasteiger partial charge in [-0.25, -0.2) is 4.39 Å². The average molecular weight is 218 g/mol. The highest BCUT2D eigenvalue weighted by molar-refractivity contribution is 5.79. The zero-order valence-electron chi connectivity index (χ0n) is 9.37. The van der Waals surface area contributed by atoms with Crippen molar-refractivity contribution >= 4 is 5.57 Å². The fourth-order valence-corrected chi connectivity index (χ4v) is 1.84. The van der Waals surface area contributed by atoms with Gasteiger partial charge in [0.05, 0.1) is 6.61 Å². The zero-order chi connectivity index (χ0) is 11.4. The largest absolute Gasteiger partial charge is 0.493 e. The number of allylic oxidation sites excluding steroid dienone is 4. The number of rotatable bonds is 3. The molecule has 0 saturated carbocycles. The minimum absolute atomic E-state index is 0.0466. The van der Waals surface area contributed by atoms with E-state index in [9.17, 15) is 4.39 Å². The van der Waals surface area contributed by atoms with Crippen molar-refractivity contribution in [3.05, 3.63) is 47.8 Å². The molecular formula is C14H15FO. The van der Waals surface area contributed by atoms with E-state index >= 15 is 0 Å². The van der Waals surface area contributed by atoms with Crippen LogP contribution in [0.2, 0.25) is 0 Å². The second-order valence-electron chi connectivity index (χ2n) is 3.69. The molecule has 0 aromatic heterocycles. The van der Waals surface area contributed by atoms with E-state index < -0.39 is 0 Å². The number of ether oxygens (including phenoxy) is 1. The summed E-state index contributed by atoms with van der Waals surface area (Å²) in [7, 11) is 0. The molecule has 0 radical (unpaired) electrons. The molecular weight excluding hydrogens is 203 g/mol. The van der Waals surface area contributed by atoms with Crippen LogP contribution in [-0.2, 0) is 0 Å². The predicted molar refractivity (Wildman–Crippen MR) is 64.0 cm³/mol. The molecule has 0 unspecified atom stereocenters. The molecule has 0 heterocycles. The molecule has 0 bridgehead atoms. The van der Waals surface area contributed by atoms with E-state index in [0.717, 1.165) is 17.7 Å². The van der Waals surface area contributed by atoms with Crippen molar-refractivity contribution in [2.45, 2.75) is 19.8 Å². The van der Waals surface area contributed by atoms with Gasteiger partial charge in [0.2, 0.25) is 0 Å². The van der Waals surface area contributed by atoms with E-state index in [1.54, 1.807) is 0 Å². The van der Waals surface area contributed by atoms with E-state index in [1.165, 1.54) is 0 Å². The van der Waals surface area contributed by atoms with E-state index in [0.29, 0.717) is 18.6 Å². The molecule has 1 aliphatic carbocycles.